The number of aromatic nitrogens is 1. The Kier molecular flexibility index (Phi) is 7.90. The third-order valence-electron chi connectivity index (χ3n) is 6.99. The number of rotatable bonds is 6. The summed E-state index contributed by atoms with van der Waals surface area (Å²) in [6, 6.07) is 9.85. The summed E-state index contributed by atoms with van der Waals surface area (Å²) in [5.41, 5.74) is 2.31. The number of pyridine rings is 1. The third-order valence-corrected chi connectivity index (χ3v) is 6.99. The van der Waals surface area contributed by atoms with E-state index in [0.29, 0.717) is 37.4 Å². The lowest BCUT2D eigenvalue weighted by Crippen LogP contribution is -2.52. The molecule has 1 N–H and O–H groups in total. The van der Waals surface area contributed by atoms with Crippen molar-refractivity contribution >= 4 is 17.5 Å². The van der Waals surface area contributed by atoms with Gasteiger partial charge in [-0.3, -0.25) is 24.4 Å². The van der Waals surface area contributed by atoms with Gasteiger partial charge in [0.2, 0.25) is 5.91 Å². The maximum atomic E-state index is 14.1. The molecule has 1 aromatic heterocycles. The molecule has 0 bridgehead atoms. The molecular weight excluding hydrogens is 454 g/mol. The van der Waals surface area contributed by atoms with Gasteiger partial charge >= 0.3 is 0 Å². The molecule has 2 atom stereocenters. The second-order valence-corrected chi connectivity index (χ2v) is 10.5. The monoisotopic (exact) mass is 489 g/mol. The molecule has 2 aromatic rings. The van der Waals surface area contributed by atoms with Crippen LogP contribution in [0.15, 0.2) is 48.8 Å². The molecule has 0 spiro atoms. The lowest BCUT2D eigenvalue weighted by atomic mass is 9.87. The van der Waals surface area contributed by atoms with Crippen LogP contribution >= 0.6 is 0 Å². The molecule has 0 saturated carbocycles. The van der Waals surface area contributed by atoms with Gasteiger partial charge in [-0.1, -0.05) is 39.0 Å². The van der Waals surface area contributed by atoms with E-state index in [1.807, 2.05) is 30.3 Å². The predicted octanol–water partition coefficient (Wildman–Crippen LogP) is 3.69. The third kappa shape index (κ3) is 5.68. The SMILES string of the molecule is CC(C)(C)c1ccc(N(C(=O)C2CCCN2C#N)C(C(=O)NC2CCOCC2)c2cccnc2)cc1. The first-order valence-electron chi connectivity index (χ1n) is 12.7. The summed E-state index contributed by atoms with van der Waals surface area (Å²) in [7, 11) is 0. The minimum Gasteiger partial charge on any atom is -0.381 e. The summed E-state index contributed by atoms with van der Waals surface area (Å²) in [6.45, 7) is 8.13. The van der Waals surface area contributed by atoms with Crippen molar-refractivity contribution in [1.82, 2.24) is 15.2 Å². The largest absolute Gasteiger partial charge is 0.381 e. The van der Waals surface area contributed by atoms with Crippen LogP contribution in [0, 0.1) is 11.5 Å². The minimum atomic E-state index is -0.921. The Balaban J connectivity index is 1.77. The van der Waals surface area contributed by atoms with Gasteiger partial charge < -0.3 is 10.1 Å². The van der Waals surface area contributed by atoms with Crippen molar-refractivity contribution in [3.63, 3.8) is 0 Å². The highest BCUT2D eigenvalue weighted by Crippen LogP contribution is 2.33. The van der Waals surface area contributed by atoms with Crippen LogP contribution in [0.2, 0.25) is 0 Å². The number of carbonyl (C=O) groups is 2. The van der Waals surface area contributed by atoms with Crippen LogP contribution in [0.3, 0.4) is 0 Å². The van der Waals surface area contributed by atoms with E-state index in [0.717, 1.165) is 24.8 Å². The second kappa shape index (κ2) is 11.1. The quantitative estimate of drug-likeness (QED) is 0.622. The number of anilines is 1. The average Bonchev–Trinajstić information content (AvgIpc) is 3.36. The summed E-state index contributed by atoms with van der Waals surface area (Å²) >= 11 is 0. The molecule has 4 rings (SSSR count). The van der Waals surface area contributed by atoms with Gasteiger partial charge in [-0.2, -0.15) is 5.26 Å². The summed E-state index contributed by atoms with van der Waals surface area (Å²) in [4.78, 5) is 35.3. The smallest absolute Gasteiger partial charge is 0.251 e. The van der Waals surface area contributed by atoms with Crippen LogP contribution in [-0.2, 0) is 19.7 Å². The number of nitriles is 1. The van der Waals surface area contributed by atoms with E-state index in [1.165, 1.54) is 4.90 Å². The highest BCUT2D eigenvalue weighted by Gasteiger charge is 2.40. The van der Waals surface area contributed by atoms with Crippen LogP contribution in [0.25, 0.3) is 0 Å². The highest BCUT2D eigenvalue weighted by atomic mass is 16.5. The van der Waals surface area contributed by atoms with E-state index in [2.05, 4.69) is 37.3 Å². The fourth-order valence-corrected chi connectivity index (χ4v) is 4.91. The number of nitrogens with zero attached hydrogens (tertiary/aromatic N) is 4. The minimum absolute atomic E-state index is 0.0206. The van der Waals surface area contributed by atoms with Crippen LogP contribution in [-0.4, -0.2) is 53.5 Å². The molecule has 0 aliphatic carbocycles. The molecular formula is C28H35N5O3. The molecule has 1 aromatic carbocycles. The zero-order valence-corrected chi connectivity index (χ0v) is 21.3. The van der Waals surface area contributed by atoms with Gasteiger partial charge in [0, 0.05) is 49.4 Å². The molecule has 2 aliphatic rings. The number of likely N-dealkylation sites (tertiary alicyclic amines) is 1. The van der Waals surface area contributed by atoms with Gasteiger partial charge in [0.15, 0.2) is 6.19 Å². The van der Waals surface area contributed by atoms with Gasteiger partial charge in [-0.05, 0) is 54.9 Å². The molecule has 8 nitrogen and oxygen atoms in total. The number of amides is 2. The Bertz CT molecular complexity index is 1080. The van der Waals surface area contributed by atoms with E-state index in [9.17, 15) is 14.9 Å². The van der Waals surface area contributed by atoms with Crippen molar-refractivity contribution in [3.8, 4) is 6.19 Å². The van der Waals surface area contributed by atoms with Crippen LogP contribution in [0.4, 0.5) is 5.69 Å². The zero-order chi connectivity index (χ0) is 25.7. The number of hydrogen-bond donors (Lipinski definition) is 1. The molecule has 2 aliphatic heterocycles. The van der Waals surface area contributed by atoms with Gasteiger partial charge in [0.1, 0.15) is 12.1 Å². The normalized spacial score (nSPS) is 19.4. The Labute approximate surface area is 213 Å². The fourth-order valence-electron chi connectivity index (χ4n) is 4.91. The Morgan fingerprint density at radius 3 is 2.50 bits per heavy atom. The van der Waals surface area contributed by atoms with Crippen molar-refractivity contribution in [2.45, 2.75) is 70.0 Å². The van der Waals surface area contributed by atoms with Crippen molar-refractivity contribution in [3.05, 3.63) is 59.9 Å². The molecule has 3 heterocycles. The number of hydrogen-bond acceptors (Lipinski definition) is 6. The van der Waals surface area contributed by atoms with Crippen molar-refractivity contribution in [2.24, 2.45) is 0 Å². The number of nitrogens with one attached hydrogen (secondary N) is 1. The molecule has 190 valence electrons. The molecule has 2 fully saturated rings. The van der Waals surface area contributed by atoms with Crippen molar-refractivity contribution in [1.29, 1.82) is 5.26 Å². The summed E-state index contributed by atoms with van der Waals surface area (Å²) in [5.74, 6) is -0.516. The Morgan fingerprint density at radius 2 is 1.89 bits per heavy atom. The van der Waals surface area contributed by atoms with E-state index >= 15 is 0 Å². The average molecular weight is 490 g/mol. The first-order chi connectivity index (χ1) is 17.3. The number of benzene rings is 1. The number of carbonyl (C=O) groups excluding carboxylic acids is 2. The zero-order valence-electron chi connectivity index (χ0n) is 21.3. The molecule has 8 heteroatoms. The standard InChI is InChI=1S/C28H35N5O3/c1-28(2,3)21-8-10-23(11-9-21)33(27(35)24-7-5-15-32(24)19-29)25(20-6-4-14-30-18-20)26(34)31-22-12-16-36-17-13-22/h4,6,8-11,14,18,22,24-25H,5,7,12-13,15-17H2,1-3H3,(H,31,34). The lowest BCUT2D eigenvalue weighted by molar-refractivity contribution is -0.129. The van der Waals surface area contributed by atoms with E-state index in [-0.39, 0.29) is 23.3 Å². The van der Waals surface area contributed by atoms with E-state index in [1.54, 1.807) is 23.4 Å². The maximum absolute atomic E-state index is 14.1. The van der Waals surface area contributed by atoms with Crippen LogP contribution in [0.1, 0.15) is 63.6 Å². The topological polar surface area (TPSA) is 98.6 Å². The van der Waals surface area contributed by atoms with E-state index < -0.39 is 12.1 Å². The predicted molar refractivity (Wildman–Crippen MR) is 137 cm³/mol. The van der Waals surface area contributed by atoms with Crippen LogP contribution in [0.5, 0.6) is 0 Å². The fraction of sp³-hybridized carbons (Fsp3) is 0.500. The Morgan fingerprint density at radius 1 is 1.17 bits per heavy atom. The van der Waals surface area contributed by atoms with Crippen molar-refractivity contribution < 1.29 is 14.3 Å². The highest BCUT2D eigenvalue weighted by molar-refractivity contribution is 6.04. The Hall–Kier alpha value is -3.44. The molecule has 2 amide bonds. The van der Waals surface area contributed by atoms with Gasteiger partial charge in [-0.15, -0.1) is 0 Å². The lowest BCUT2D eigenvalue weighted by Gasteiger charge is -2.35. The van der Waals surface area contributed by atoms with Gasteiger partial charge in [-0.25, -0.2) is 0 Å². The summed E-state index contributed by atoms with van der Waals surface area (Å²) in [5, 5.41) is 12.8. The molecule has 0 radical (unpaired) electrons. The second-order valence-electron chi connectivity index (χ2n) is 10.5. The number of ether oxygens (including phenoxy) is 1. The maximum Gasteiger partial charge on any atom is 0.251 e. The van der Waals surface area contributed by atoms with Crippen LogP contribution < -0.4 is 10.2 Å². The molecule has 2 saturated heterocycles. The van der Waals surface area contributed by atoms with Gasteiger partial charge in [0.05, 0.1) is 0 Å². The van der Waals surface area contributed by atoms with Gasteiger partial charge in [0.25, 0.3) is 5.91 Å². The van der Waals surface area contributed by atoms with E-state index in [4.69, 9.17) is 4.74 Å². The molecule has 36 heavy (non-hydrogen) atoms. The molecule has 2 unspecified atom stereocenters. The summed E-state index contributed by atoms with van der Waals surface area (Å²) in [6.07, 6.45) is 8.23. The first-order valence-corrected chi connectivity index (χ1v) is 12.7. The van der Waals surface area contributed by atoms with Crippen molar-refractivity contribution in [2.75, 3.05) is 24.7 Å². The summed E-state index contributed by atoms with van der Waals surface area (Å²) < 4.78 is 5.45. The first kappa shape index (κ1) is 25.6.